The van der Waals surface area contributed by atoms with Crippen molar-refractivity contribution in [2.45, 2.75) is 26.0 Å². The van der Waals surface area contributed by atoms with E-state index in [0.717, 1.165) is 5.56 Å². The molecule has 0 spiro atoms. The van der Waals surface area contributed by atoms with E-state index in [2.05, 4.69) is 11.4 Å². The number of nitriles is 1. The maximum atomic E-state index is 12.4. The van der Waals surface area contributed by atoms with E-state index in [1.807, 2.05) is 13.8 Å². The maximum Gasteiger partial charge on any atom is 0.322 e. The van der Waals surface area contributed by atoms with Crippen molar-refractivity contribution >= 4 is 11.7 Å². The Kier molecular flexibility index (Phi) is 4.78. The van der Waals surface area contributed by atoms with Crippen molar-refractivity contribution in [2.75, 3.05) is 25.1 Å². The Morgan fingerprint density at radius 1 is 1.62 bits per heavy atom. The van der Waals surface area contributed by atoms with Crippen molar-refractivity contribution in [3.8, 4) is 6.07 Å². The summed E-state index contributed by atoms with van der Waals surface area (Å²) in [5, 5.41) is 20.9. The smallest absolute Gasteiger partial charge is 0.322 e. The molecule has 1 aliphatic heterocycles. The van der Waals surface area contributed by atoms with Crippen LogP contribution in [0.15, 0.2) is 18.2 Å². The number of urea groups is 1. The molecule has 6 heteroatoms. The molecule has 1 aliphatic rings. The molecule has 2 rings (SSSR count). The second-order valence-electron chi connectivity index (χ2n) is 5.21. The Hall–Kier alpha value is -2.10. The molecule has 0 saturated carbocycles. The Labute approximate surface area is 123 Å². The second-order valence-corrected chi connectivity index (χ2v) is 5.21. The number of nitrogens with zero attached hydrogens (tertiary/aromatic N) is 2. The Balaban J connectivity index is 2.12. The van der Waals surface area contributed by atoms with Crippen molar-refractivity contribution in [1.82, 2.24) is 4.90 Å². The molecular weight excluding hydrogens is 270 g/mol. The van der Waals surface area contributed by atoms with Gasteiger partial charge in [0.05, 0.1) is 43.5 Å². The van der Waals surface area contributed by atoms with Gasteiger partial charge >= 0.3 is 6.03 Å². The number of anilines is 1. The van der Waals surface area contributed by atoms with Gasteiger partial charge in [-0.05, 0) is 31.5 Å². The van der Waals surface area contributed by atoms with Gasteiger partial charge in [-0.25, -0.2) is 4.79 Å². The minimum absolute atomic E-state index is 0.0627. The molecule has 112 valence electrons. The van der Waals surface area contributed by atoms with Gasteiger partial charge in [0, 0.05) is 5.69 Å². The van der Waals surface area contributed by atoms with Crippen molar-refractivity contribution in [2.24, 2.45) is 0 Å². The molecule has 21 heavy (non-hydrogen) atoms. The van der Waals surface area contributed by atoms with Gasteiger partial charge in [-0.3, -0.25) is 0 Å². The first-order chi connectivity index (χ1) is 10.0. The minimum Gasteiger partial charge on any atom is -0.394 e. The summed E-state index contributed by atoms with van der Waals surface area (Å²) in [6.07, 6.45) is -0.349. The van der Waals surface area contributed by atoms with Crippen LogP contribution >= 0.6 is 0 Å². The summed E-state index contributed by atoms with van der Waals surface area (Å²) in [5.41, 5.74) is 2.01. The highest BCUT2D eigenvalue weighted by atomic mass is 16.5. The fourth-order valence-corrected chi connectivity index (χ4v) is 2.22. The van der Waals surface area contributed by atoms with Crippen LogP contribution in [0.25, 0.3) is 0 Å². The van der Waals surface area contributed by atoms with Gasteiger partial charge in [0.1, 0.15) is 0 Å². The zero-order chi connectivity index (χ0) is 15.4. The molecule has 6 nitrogen and oxygen atoms in total. The average Bonchev–Trinajstić information content (AvgIpc) is 2.49. The van der Waals surface area contributed by atoms with E-state index in [9.17, 15) is 4.79 Å². The molecule has 1 saturated heterocycles. The summed E-state index contributed by atoms with van der Waals surface area (Å²) in [4.78, 5) is 14.0. The van der Waals surface area contributed by atoms with Crippen LogP contribution in [-0.4, -0.2) is 47.9 Å². The molecule has 1 heterocycles. The molecule has 1 aromatic carbocycles. The van der Waals surface area contributed by atoms with Crippen LogP contribution in [0.5, 0.6) is 0 Å². The van der Waals surface area contributed by atoms with Crippen LogP contribution in [-0.2, 0) is 4.74 Å². The number of aryl methyl sites for hydroxylation is 1. The summed E-state index contributed by atoms with van der Waals surface area (Å²) in [7, 11) is 0. The number of hydrogen-bond donors (Lipinski definition) is 2. The predicted molar refractivity (Wildman–Crippen MR) is 77.9 cm³/mol. The SMILES string of the molecule is Cc1ccc(C#N)cc1NC(=O)N1C[C@H](CO)OC[C@@H]1C. The fourth-order valence-electron chi connectivity index (χ4n) is 2.22. The fraction of sp³-hybridized carbons (Fsp3) is 0.467. The van der Waals surface area contributed by atoms with Gasteiger partial charge in [0.2, 0.25) is 0 Å². The summed E-state index contributed by atoms with van der Waals surface area (Å²) in [6.45, 7) is 4.40. The van der Waals surface area contributed by atoms with Gasteiger partial charge in [-0.15, -0.1) is 0 Å². The third-order valence-electron chi connectivity index (χ3n) is 3.58. The lowest BCUT2D eigenvalue weighted by molar-refractivity contribution is -0.0611. The van der Waals surface area contributed by atoms with Crippen LogP contribution in [0.2, 0.25) is 0 Å². The van der Waals surface area contributed by atoms with Crippen LogP contribution in [0, 0.1) is 18.3 Å². The number of morpholine rings is 1. The lowest BCUT2D eigenvalue weighted by Gasteiger charge is -2.37. The summed E-state index contributed by atoms with van der Waals surface area (Å²) >= 11 is 0. The number of carbonyl (C=O) groups excluding carboxylic acids is 1. The minimum atomic E-state index is -0.349. The lowest BCUT2D eigenvalue weighted by Crippen LogP contribution is -2.53. The highest BCUT2D eigenvalue weighted by Gasteiger charge is 2.29. The van der Waals surface area contributed by atoms with Crippen LogP contribution < -0.4 is 5.32 Å². The lowest BCUT2D eigenvalue weighted by atomic mass is 10.1. The monoisotopic (exact) mass is 289 g/mol. The topological polar surface area (TPSA) is 85.6 Å². The van der Waals surface area contributed by atoms with E-state index >= 15 is 0 Å². The van der Waals surface area contributed by atoms with E-state index in [-0.39, 0.29) is 24.8 Å². The van der Waals surface area contributed by atoms with E-state index in [4.69, 9.17) is 15.1 Å². The molecule has 2 N–H and O–H groups in total. The molecule has 0 radical (unpaired) electrons. The van der Waals surface area contributed by atoms with Crippen molar-refractivity contribution in [3.63, 3.8) is 0 Å². The number of rotatable bonds is 2. The number of ether oxygens (including phenoxy) is 1. The summed E-state index contributed by atoms with van der Waals surface area (Å²) in [6, 6.07) is 6.91. The molecule has 0 bridgehead atoms. The predicted octanol–water partition coefficient (Wildman–Crippen LogP) is 1.48. The average molecular weight is 289 g/mol. The first-order valence-electron chi connectivity index (χ1n) is 6.86. The number of aliphatic hydroxyl groups excluding tert-OH is 1. The highest BCUT2D eigenvalue weighted by Crippen LogP contribution is 2.19. The third-order valence-corrected chi connectivity index (χ3v) is 3.58. The van der Waals surface area contributed by atoms with Crippen LogP contribution in [0.4, 0.5) is 10.5 Å². The normalized spacial score (nSPS) is 21.7. The Bertz CT molecular complexity index is 568. The molecule has 0 aliphatic carbocycles. The largest absolute Gasteiger partial charge is 0.394 e. The van der Waals surface area contributed by atoms with Crippen LogP contribution in [0.1, 0.15) is 18.1 Å². The number of aliphatic hydroxyl groups is 1. The maximum absolute atomic E-state index is 12.4. The first kappa shape index (κ1) is 15.3. The van der Waals surface area contributed by atoms with Gasteiger partial charge in [-0.2, -0.15) is 5.26 Å². The van der Waals surface area contributed by atoms with Gasteiger partial charge in [-0.1, -0.05) is 6.07 Å². The van der Waals surface area contributed by atoms with E-state index in [0.29, 0.717) is 24.4 Å². The number of amides is 2. The van der Waals surface area contributed by atoms with E-state index < -0.39 is 0 Å². The van der Waals surface area contributed by atoms with Gasteiger partial charge in [0.15, 0.2) is 0 Å². The zero-order valence-electron chi connectivity index (χ0n) is 12.2. The van der Waals surface area contributed by atoms with Gasteiger partial charge in [0.25, 0.3) is 0 Å². The number of nitrogens with one attached hydrogen (secondary N) is 1. The summed E-state index contributed by atoms with van der Waals surface area (Å²) < 4.78 is 5.42. The molecular formula is C15H19N3O3. The van der Waals surface area contributed by atoms with Crippen molar-refractivity contribution < 1.29 is 14.6 Å². The Morgan fingerprint density at radius 2 is 2.38 bits per heavy atom. The van der Waals surface area contributed by atoms with Gasteiger partial charge < -0.3 is 20.1 Å². The molecule has 1 aromatic rings. The molecule has 0 unspecified atom stereocenters. The number of hydrogen-bond acceptors (Lipinski definition) is 4. The molecule has 1 fully saturated rings. The summed E-state index contributed by atoms with van der Waals surface area (Å²) in [5.74, 6) is 0. The van der Waals surface area contributed by atoms with E-state index in [1.54, 1.807) is 23.1 Å². The molecule has 0 aromatic heterocycles. The second kappa shape index (κ2) is 6.57. The standard InChI is InChI=1S/C15H19N3O3/c1-10-3-4-12(6-16)5-14(10)17-15(20)18-7-13(8-19)21-9-11(18)2/h3-5,11,13,19H,7-9H2,1-2H3,(H,17,20)/t11-,13+/m0/s1. The number of benzene rings is 1. The quantitative estimate of drug-likeness (QED) is 0.863. The van der Waals surface area contributed by atoms with Crippen molar-refractivity contribution in [1.29, 1.82) is 5.26 Å². The molecule has 2 atom stereocenters. The molecule has 2 amide bonds. The Morgan fingerprint density at radius 3 is 3.05 bits per heavy atom. The van der Waals surface area contributed by atoms with Crippen molar-refractivity contribution in [3.05, 3.63) is 29.3 Å². The number of carbonyl (C=O) groups is 1. The third kappa shape index (κ3) is 3.51. The zero-order valence-corrected chi connectivity index (χ0v) is 12.2. The highest BCUT2D eigenvalue weighted by molar-refractivity contribution is 5.90. The van der Waals surface area contributed by atoms with E-state index in [1.165, 1.54) is 0 Å². The van der Waals surface area contributed by atoms with Crippen LogP contribution in [0.3, 0.4) is 0 Å². The first-order valence-corrected chi connectivity index (χ1v) is 6.86.